The molecule has 0 saturated heterocycles. The van der Waals surface area contributed by atoms with Crippen molar-refractivity contribution in [1.29, 1.82) is 5.41 Å². The normalized spacial score (nSPS) is 25.2. The summed E-state index contributed by atoms with van der Waals surface area (Å²) in [6.07, 6.45) is 19.9. The minimum absolute atomic E-state index is 0.0112. The van der Waals surface area contributed by atoms with E-state index in [0.717, 1.165) is 36.2 Å². The summed E-state index contributed by atoms with van der Waals surface area (Å²) < 4.78 is 11.4. The predicted molar refractivity (Wildman–Crippen MR) is 156 cm³/mol. The van der Waals surface area contributed by atoms with Crippen molar-refractivity contribution >= 4 is 29.1 Å². The van der Waals surface area contributed by atoms with Crippen LogP contribution in [0.25, 0.3) is 11.8 Å². The van der Waals surface area contributed by atoms with Crippen molar-refractivity contribution in [3.8, 4) is 5.75 Å². The topological polar surface area (TPSA) is 62.5 Å². The van der Waals surface area contributed by atoms with Crippen molar-refractivity contribution in [3.63, 3.8) is 0 Å². The van der Waals surface area contributed by atoms with Crippen LogP contribution in [0.1, 0.15) is 83.3 Å². The summed E-state index contributed by atoms with van der Waals surface area (Å²) in [6, 6.07) is 3.77. The number of rotatable bonds is 12. The van der Waals surface area contributed by atoms with Gasteiger partial charge in [0.15, 0.2) is 0 Å². The lowest BCUT2D eigenvalue weighted by molar-refractivity contribution is 0.158. The van der Waals surface area contributed by atoms with Gasteiger partial charge in [-0.1, -0.05) is 63.8 Å². The molecule has 0 spiro atoms. The number of hydrogen-bond acceptors (Lipinski definition) is 4. The highest BCUT2D eigenvalue weighted by molar-refractivity contribution is 6.34. The number of fused-ring (bicyclic) bond motifs is 2. The van der Waals surface area contributed by atoms with E-state index in [9.17, 15) is 5.11 Å². The van der Waals surface area contributed by atoms with E-state index in [1.807, 2.05) is 12.1 Å². The van der Waals surface area contributed by atoms with Crippen LogP contribution in [-0.2, 0) is 9.47 Å². The Bertz CT molecular complexity index is 1030. The van der Waals surface area contributed by atoms with E-state index in [4.69, 9.17) is 26.5 Å². The van der Waals surface area contributed by atoms with Gasteiger partial charge >= 0.3 is 0 Å². The average molecular weight is 526 g/mol. The summed E-state index contributed by atoms with van der Waals surface area (Å²) in [5.41, 5.74) is 2.97. The highest BCUT2D eigenvalue weighted by Crippen LogP contribution is 2.51. The summed E-state index contributed by atoms with van der Waals surface area (Å²) in [6.45, 7) is 7.56. The summed E-state index contributed by atoms with van der Waals surface area (Å²) in [5.74, 6) is 3.30. The third kappa shape index (κ3) is 8.01. The average Bonchev–Trinajstić information content (AvgIpc) is 2.86. The second-order valence-electron chi connectivity index (χ2n) is 10.8. The molecule has 0 heterocycles. The molecule has 2 aliphatic carbocycles. The maximum absolute atomic E-state index is 10.9. The monoisotopic (exact) mass is 525 g/mol. The van der Waals surface area contributed by atoms with Gasteiger partial charge in [-0.3, -0.25) is 0 Å². The third-order valence-electron chi connectivity index (χ3n) is 7.68. The van der Waals surface area contributed by atoms with E-state index in [0.29, 0.717) is 28.1 Å². The van der Waals surface area contributed by atoms with Crippen LogP contribution in [0, 0.1) is 29.1 Å². The molecule has 2 fully saturated rings. The van der Waals surface area contributed by atoms with Gasteiger partial charge in [0.1, 0.15) is 11.5 Å². The standard InChI is InChI=1S/C32H44ClNO3/c1-5-6-7-9-16-37-17-10-8-11-27(34)14-12-25-13-15-28(30(33)31(25)35)32(36-4)29-23(3)20-24-18-22(2)19-26(29)21-24/h8,10-15,17,22-24,26,34-35H,5-7,9,16,18-21H2,1-4H3/b11-8-,14-12+,17-10-,32-29-,34-27?. The molecule has 2 saturated carbocycles. The fourth-order valence-electron chi connectivity index (χ4n) is 6.08. The largest absolute Gasteiger partial charge is 0.506 e. The molecule has 202 valence electrons. The number of halogens is 1. The Morgan fingerprint density at radius 1 is 1.08 bits per heavy atom. The zero-order valence-electron chi connectivity index (χ0n) is 22.9. The van der Waals surface area contributed by atoms with Crippen molar-refractivity contribution < 1.29 is 14.6 Å². The third-order valence-corrected chi connectivity index (χ3v) is 8.06. The van der Waals surface area contributed by atoms with E-state index < -0.39 is 0 Å². The maximum atomic E-state index is 10.9. The molecule has 4 unspecified atom stereocenters. The highest BCUT2D eigenvalue weighted by Gasteiger charge is 2.38. The number of ether oxygens (including phenoxy) is 2. The van der Waals surface area contributed by atoms with Crippen LogP contribution in [0.15, 0.2) is 48.3 Å². The van der Waals surface area contributed by atoms with Crippen molar-refractivity contribution in [1.82, 2.24) is 0 Å². The fourth-order valence-corrected chi connectivity index (χ4v) is 6.34. The lowest BCUT2D eigenvalue weighted by atomic mass is 9.62. The van der Waals surface area contributed by atoms with Crippen LogP contribution in [0.4, 0.5) is 0 Å². The van der Waals surface area contributed by atoms with Gasteiger partial charge in [-0.15, -0.1) is 0 Å². The zero-order valence-corrected chi connectivity index (χ0v) is 23.7. The first-order chi connectivity index (χ1) is 17.8. The van der Waals surface area contributed by atoms with Gasteiger partial charge < -0.3 is 20.0 Å². The Labute approximate surface area is 228 Å². The molecule has 4 nitrogen and oxygen atoms in total. The van der Waals surface area contributed by atoms with Crippen LogP contribution in [0.3, 0.4) is 0 Å². The Balaban J connectivity index is 1.68. The number of allylic oxidation sites excluding steroid dienone is 5. The number of phenols is 1. The first-order valence-corrected chi connectivity index (χ1v) is 14.2. The minimum atomic E-state index is 0.0112. The molecule has 37 heavy (non-hydrogen) atoms. The van der Waals surface area contributed by atoms with Gasteiger partial charge in [0, 0.05) is 11.1 Å². The van der Waals surface area contributed by atoms with E-state index in [1.165, 1.54) is 50.5 Å². The van der Waals surface area contributed by atoms with Gasteiger partial charge in [-0.25, -0.2) is 0 Å². The Kier molecular flexibility index (Phi) is 11.4. The predicted octanol–water partition coefficient (Wildman–Crippen LogP) is 9.20. The lowest BCUT2D eigenvalue weighted by Crippen LogP contribution is -2.32. The highest BCUT2D eigenvalue weighted by atomic mass is 35.5. The van der Waals surface area contributed by atoms with Gasteiger partial charge in [-0.05, 0) is 91.7 Å². The van der Waals surface area contributed by atoms with Gasteiger partial charge in [0.25, 0.3) is 0 Å². The molecule has 0 aliphatic heterocycles. The number of hydrogen-bond donors (Lipinski definition) is 2. The SMILES string of the molecule is CCCCCCO/C=C\C=C/C(=N)/C=C/c1ccc(/C(OC)=C2\C(C)CC3CC(C)CC2C3)c(Cl)c1O. The molecule has 1 aromatic rings. The Hall–Kier alpha value is -2.46. The van der Waals surface area contributed by atoms with Crippen molar-refractivity contribution in [3.05, 3.63) is 64.4 Å². The van der Waals surface area contributed by atoms with Crippen LogP contribution in [-0.4, -0.2) is 24.5 Å². The second kappa shape index (κ2) is 14.5. The number of benzene rings is 1. The molecular weight excluding hydrogens is 482 g/mol. The number of nitrogens with one attached hydrogen (secondary N) is 1. The molecule has 2 aliphatic rings. The van der Waals surface area contributed by atoms with Gasteiger partial charge in [0.2, 0.25) is 0 Å². The second-order valence-corrected chi connectivity index (χ2v) is 11.2. The smallest absolute Gasteiger partial charge is 0.142 e. The number of aromatic hydroxyl groups is 1. The molecular formula is C32H44ClNO3. The van der Waals surface area contributed by atoms with Crippen LogP contribution < -0.4 is 0 Å². The van der Waals surface area contributed by atoms with Crippen molar-refractivity contribution in [2.45, 2.75) is 72.1 Å². The number of phenolic OH excluding ortho intramolecular Hbond substituents is 1. The van der Waals surface area contributed by atoms with E-state index >= 15 is 0 Å². The van der Waals surface area contributed by atoms with Gasteiger partial charge in [0.05, 0.1) is 30.7 Å². The first-order valence-electron chi connectivity index (χ1n) is 13.9. The minimum Gasteiger partial charge on any atom is -0.506 e. The zero-order chi connectivity index (χ0) is 26.8. The fraction of sp³-hybridized carbons (Fsp3) is 0.531. The summed E-state index contributed by atoms with van der Waals surface area (Å²) >= 11 is 6.70. The molecule has 3 rings (SSSR count). The van der Waals surface area contributed by atoms with E-state index in [1.54, 1.807) is 43.8 Å². The molecule has 1 aromatic carbocycles. The maximum Gasteiger partial charge on any atom is 0.142 e. The first kappa shape index (κ1) is 29.1. The molecule has 0 amide bonds. The summed E-state index contributed by atoms with van der Waals surface area (Å²) in [7, 11) is 1.70. The van der Waals surface area contributed by atoms with Gasteiger partial charge in [-0.2, -0.15) is 0 Å². The number of methoxy groups -OCH3 is 1. The van der Waals surface area contributed by atoms with Crippen LogP contribution in [0.2, 0.25) is 5.02 Å². The van der Waals surface area contributed by atoms with Crippen LogP contribution >= 0.6 is 11.6 Å². The van der Waals surface area contributed by atoms with Crippen molar-refractivity contribution in [2.75, 3.05) is 13.7 Å². The number of unbranched alkanes of at least 4 members (excludes halogenated alkanes) is 3. The Morgan fingerprint density at radius 2 is 1.89 bits per heavy atom. The lowest BCUT2D eigenvalue weighted by Gasteiger charge is -2.43. The molecule has 0 aromatic heterocycles. The van der Waals surface area contributed by atoms with E-state index in [-0.39, 0.29) is 5.75 Å². The summed E-state index contributed by atoms with van der Waals surface area (Å²) in [5, 5.41) is 19.3. The molecule has 4 atom stereocenters. The van der Waals surface area contributed by atoms with Crippen molar-refractivity contribution in [2.24, 2.45) is 23.7 Å². The molecule has 5 heteroatoms. The molecule has 0 radical (unpaired) electrons. The van der Waals surface area contributed by atoms with E-state index in [2.05, 4.69) is 20.8 Å². The molecule has 2 N–H and O–H groups in total. The Morgan fingerprint density at radius 3 is 2.65 bits per heavy atom. The quantitative estimate of drug-likeness (QED) is 0.124. The summed E-state index contributed by atoms with van der Waals surface area (Å²) in [4.78, 5) is 0. The molecule has 2 bridgehead atoms. The van der Waals surface area contributed by atoms with Crippen LogP contribution in [0.5, 0.6) is 5.75 Å².